The molecule has 1 unspecified atom stereocenters. The van der Waals surface area contributed by atoms with Crippen molar-refractivity contribution in [2.45, 2.75) is 32.1 Å². The van der Waals surface area contributed by atoms with Crippen molar-refractivity contribution in [1.29, 1.82) is 0 Å². The first kappa shape index (κ1) is 13.4. The molecule has 1 aliphatic carbocycles. The minimum absolute atomic E-state index is 0.527. The number of hydrogen-bond acceptors (Lipinski definition) is 1. The van der Waals surface area contributed by atoms with Crippen molar-refractivity contribution in [1.82, 2.24) is 4.98 Å². The summed E-state index contributed by atoms with van der Waals surface area (Å²) in [6.07, 6.45) is 7.26. The van der Waals surface area contributed by atoms with Gasteiger partial charge in [0.05, 0.1) is 5.69 Å². The summed E-state index contributed by atoms with van der Waals surface area (Å²) in [5, 5.41) is 0.995. The molecule has 0 saturated heterocycles. The van der Waals surface area contributed by atoms with Gasteiger partial charge in [-0.3, -0.25) is 4.98 Å². The molecule has 0 spiro atoms. The van der Waals surface area contributed by atoms with Crippen LogP contribution in [0, 0.1) is 6.92 Å². The average molecular weight is 284 g/mol. The van der Waals surface area contributed by atoms with Crippen LogP contribution in [0.3, 0.4) is 0 Å². The molecule has 20 heavy (non-hydrogen) atoms. The van der Waals surface area contributed by atoms with Crippen molar-refractivity contribution in [2.24, 2.45) is 0 Å². The zero-order chi connectivity index (χ0) is 13.9. The summed E-state index contributed by atoms with van der Waals surface area (Å²) < 4.78 is 0. The monoisotopic (exact) mass is 283 g/mol. The molecule has 1 heterocycles. The highest BCUT2D eigenvalue weighted by Gasteiger charge is 2.17. The van der Waals surface area contributed by atoms with Crippen molar-refractivity contribution in [2.75, 3.05) is 0 Å². The fraction of sp³-hybridized carbons (Fsp3) is 0.278. The number of hydrogen-bond donors (Lipinski definition) is 0. The molecular formula is C18H18ClN. The van der Waals surface area contributed by atoms with E-state index in [4.69, 9.17) is 11.6 Å². The van der Waals surface area contributed by atoms with Crippen LogP contribution in [-0.2, 0) is 0 Å². The van der Waals surface area contributed by atoms with Crippen molar-refractivity contribution < 1.29 is 0 Å². The second-order valence-corrected chi connectivity index (χ2v) is 5.96. The fourth-order valence-electron chi connectivity index (χ4n) is 2.73. The quantitative estimate of drug-likeness (QED) is 0.714. The standard InChI is InChI=1S/C18H18ClN/c1-13-5-7-14(8-6-13)18-12-16(9-10-20-18)15-3-2-4-17(19)11-15/h4-10,12,15H,2-3,11H2,1H3. The summed E-state index contributed by atoms with van der Waals surface area (Å²) in [7, 11) is 0. The first-order chi connectivity index (χ1) is 9.72. The van der Waals surface area contributed by atoms with Crippen LogP contribution in [-0.4, -0.2) is 4.98 Å². The molecule has 102 valence electrons. The zero-order valence-corrected chi connectivity index (χ0v) is 12.4. The van der Waals surface area contributed by atoms with Gasteiger partial charge >= 0.3 is 0 Å². The van der Waals surface area contributed by atoms with E-state index in [0.717, 1.165) is 23.6 Å². The number of nitrogens with zero attached hydrogens (tertiary/aromatic N) is 1. The predicted octanol–water partition coefficient (Wildman–Crippen LogP) is 5.45. The van der Waals surface area contributed by atoms with E-state index in [1.165, 1.54) is 23.1 Å². The summed E-state index contributed by atoms with van der Waals surface area (Å²) in [6.45, 7) is 2.10. The zero-order valence-electron chi connectivity index (χ0n) is 11.6. The number of aromatic nitrogens is 1. The Morgan fingerprint density at radius 2 is 1.95 bits per heavy atom. The first-order valence-corrected chi connectivity index (χ1v) is 7.48. The Labute approximate surface area is 125 Å². The van der Waals surface area contributed by atoms with Crippen LogP contribution in [0.5, 0.6) is 0 Å². The molecule has 0 N–H and O–H groups in total. The van der Waals surface area contributed by atoms with Crippen LogP contribution in [0.1, 0.15) is 36.3 Å². The molecule has 0 radical (unpaired) electrons. The van der Waals surface area contributed by atoms with Crippen LogP contribution in [0.2, 0.25) is 0 Å². The molecular weight excluding hydrogens is 266 g/mol. The van der Waals surface area contributed by atoms with E-state index in [-0.39, 0.29) is 0 Å². The highest BCUT2D eigenvalue weighted by atomic mass is 35.5. The van der Waals surface area contributed by atoms with E-state index < -0.39 is 0 Å². The summed E-state index contributed by atoms with van der Waals surface area (Å²) in [5.74, 6) is 0.527. The number of pyridine rings is 1. The predicted molar refractivity (Wildman–Crippen MR) is 84.9 cm³/mol. The highest BCUT2D eigenvalue weighted by molar-refractivity contribution is 6.29. The molecule has 1 aliphatic rings. The average Bonchev–Trinajstić information content (AvgIpc) is 2.48. The van der Waals surface area contributed by atoms with Crippen molar-refractivity contribution in [3.63, 3.8) is 0 Å². The summed E-state index contributed by atoms with van der Waals surface area (Å²) in [5.41, 5.74) is 4.85. The van der Waals surface area contributed by atoms with Gasteiger partial charge in [0, 0.05) is 16.8 Å². The lowest BCUT2D eigenvalue weighted by Gasteiger charge is -2.20. The maximum absolute atomic E-state index is 6.18. The van der Waals surface area contributed by atoms with Gasteiger partial charge in [-0.2, -0.15) is 0 Å². The van der Waals surface area contributed by atoms with Gasteiger partial charge in [0.15, 0.2) is 0 Å². The Morgan fingerprint density at radius 1 is 1.15 bits per heavy atom. The fourth-order valence-corrected chi connectivity index (χ4v) is 3.02. The molecule has 0 fully saturated rings. The summed E-state index contributed by atoms with van der Waals surface area (Å²) in [6, 6.07) is 12.9. The maximum atomic E-state index is 6.18. The lowest BCUT2D eigenvalue weighted by atomic mass is 9.87. The minimum atomic E-state index is 0.527. The topological polar surface area (TPSA) is 12.9 Å². The molecule has 0 aliphatic heterocycles. The van der Waals surface area contributed by atoms with Crippen LogP contribution in [0.4, 0.5) is 0 Å². The van der Waals surface area contributed by atoms with Crippen LogP contribution < -0.4 is 0 Å². The third-order valence-electron chi connectivity index (χ3n) is 3.93. The normalized spacial score (nSPS) is 18.7. The Morgan fingerprint density at radius 3 is 2.70 bits per heavy atom. The SMILES string of the molecule is Cc1ccc(-c2cc(C3CCC=C(Cl)C3)ccn2)cc1. The molecule has 0 bridgehead atoms. The molecule has 1 aromatic heterocycles. The second kappa shape index (κ2) is 5.80. The Bertz CT molecular complexity index is 628. The molecule has 0 saturated carbocycles. The van der Waals surface area contributed by atoms with E-state index >= 15 is 0 Å². The van der Waals surface area contributed by atoms with E-state index in [9.17, 15) is 0 Å². The Balaban J connectivity index is 1.89. The van der Waals surface area contributed by atoms with Crippen LogP contribution in [0.15, 0.2) is 53.7 Å². The van der Waals surface area contributed by atoms with Crippen molar-refractivity contribution in [3.05, 3.63) is 64.8 Å². The third-order valence-corrected chi connectivity index (χ3v) is 4.23. The number of aryl methyl sites for hydroxylation is 1. The number of halogens is 1. The van der Waals surface area contributed by atoms with E-state index in [1.54, 1.807) is 0 Å². The number of allylic oxidation sites excluding steroid dienone is 2. The van der Waals surface area contributed by atoms with Gasteiger partial charge in [0.1, 0.15) is 0 Å². The minimum Gasteiger partial charge on any atom is -0.256 e. The largest absolute Gasteiger partial charge is 0.256 e. The summed E-state index contributed by atoms with van der Waals surface area (Å²) in [4.78, 5) is 4.51. The van der Waals surface area contributed by atoms with Gasteiger partial charge in [-0.25, -0.2) is 0 Å². The molecule has 1 nitrogen and oxygen atoms in total. The lowest BCUT2D eigenvalue weighted by molar-refractivity contribution is 0.610. The van der Waals surface area contributed by atoms with E-state index in [2.05, 4.69) is 54.4 Å². The van der Waals surface area contributed by atoms with Crippen molar-refractivity contribution >= 4 is 11.6 Å². The van der Waals surface area contributed by atoms with Gasteiger partial charge < -0.3 is 0 Å². The smallest absolute Gasteiger partial charge is 0.0704 e. The summed E-state index contributed by atoms with van der Waals surface area (Å²) >= 11 is 6.18. The molecule has 1 aromatic carbocycles. The van der Waals surface area contributed by atoms with Crippen LogP contribution in [0.25, 0.3) is 11.3 Å². The van der Waals surface area contributed by atoms with E-state index in [0.29, 0.717) is 5.92 Å². The Kier molecular flexibility index (Phi) is 3.88. The lowest BCUT2D eigenvalue weighted by Crippen LogP contribution is -2.03. The molecule has 1 atom stereocenters. The number of rotatable bonds is 2. The van der Waals surface area contributed by atoms with Gasteiger partial charge in [0.25, 0.3) is 0 Å². The number of benzene rings is 1. The molecule has 2 heteroatoms. The van der Waals surface area contributed by atoms with Crippen molar-refractivity contribution in [3.8, 4) is 11.3 Å². The van der Waals surface area contributed by atoms with Gasteiger partial charge in [0.2, 0.25) is 0 Å². The maximum Gasteiger partial charge on any atom is 0.0704 e. The Hall–Kier alpha value is -1.60. The molecule has 0 amide bonds. The van der Waals surface area contributed by atoms with Gasteiger partial charge in [-0.15, -0.1) is 0 Å². The third kappa shape index (κ3) is 2.94. The van der Waals surface area contributed by atoms with E-state index in [1.807, 2.05) is 6.20 Å². The van der Waals surface area contributed by atoms with Gasteiger partial charge in [-0.05, 0) is 49.8 Å². The van der Waals surface area contributed by atoms with Crippen LogP contribution >= 0.6 is 11.6 Å². The highest BCUT2D eigenvalue weighted by Crippen LogP contribution is 2.35. The second-order valence-electron chi connectivity index (χ2n) is 5.47. The van der Waals surface area contributed by atoms with Gasteiger partial charge in [-0.1, -0.05) is 47.5 Å². The molecule has 2 aromatic rings. The molecule has 3 rings (SSSR count). The first-order valence-electron chi connectivity index (χ1n) is 7.10.